The quantitative estimate of drug-likeness (QED) is 0.906. The summed E-state index contributed by atoms with van der Waals surface area (Å²) in [6, 6.07) is 6.99. The third-order valence-electron chi connectivity index (χ3n) is 2.88. The van der Waals surface area contributed by atoms with Crippen molar-refractivity contribution in [1.82, 2.24) is 9.78 Å². The number of benzene rings is 1. The summed E-state index contributed by atoms with van der Waals surface area (Å²) in [7, 11) is -0.789. The molecule has 1 aromatic heterocycles. The van der Waals surface area contributed by atoms with Crippen molar-refractivity contribution in [2.75, 3.05) is 11.4 Å². The van der Waals surface area contributed by atoms with Crippen molar-refractivity contribution in [1.29, 1.82) is 0 Å². The van der Waals surface area contributed by atoms with Crippen molar-refractivity contribution in [2.24, 2.45) is 7.05 Å². The lowest BCUT2D eigenvalue weighted by Crippen LogP contribution is -2.28. The largest absolute Gasteiger partial charge is 0.478 e. The van der Waals surface area contributed by atoms with Gasteiger partial charge in [-0.1, -0.05) is 0 Å². The molecule has 0 aliphatic heterocycles. The first-order chi connectivity index (χ1) is 9.34. The number of aromatic nitrogens is 2. The summed E-state index contributed by atoms with van der Waals surface area (Å²) >= 11 is 0. The van der Waals surface area contributed by atoms with Crippen LogP contribution in [0.3, 0.4) is 0 Å². The maximum Gasteiger partial charge on any atom is 0.335 e. The fourth-order valence-corrected chi connectivity index (χ4v) is 3.00. The van der Waals surface area contributed by atoms with E-state index in [9.17, 15) is 13.2 Å². The number of nitrogens with zero attached hydrogens (tertiary/aromatic N) is 3. The smallest absolute Gasteiger partial charge is 0.335 e. The predicted molar refractivity (Wildman–Crippen MR) is 72.2 cm³/mol. The number of rotatable bonds is 4. The molecule has 0 radical (unpaired) electrons. The molecule has 0 aliphatic rings. The molecule has 0 spiro atoms. The summed E-state index contributed by atoms with van der Waals surface area (Å²) in [5.74, 6) is -1.06. The number of hydrogen-bond acceptors (Lipinski definition) is 4. The van der Waals surface area contributed by atoms with Gasteiger partial charge in [0.15, 0.2) is 5.03 Å². The van der Waals surface area contributed by atoms with Crippen LogP contribution in [0, 0.1) is 0 Å². The van der Waals surface area contributed by atoms with E-state index in [0.29, 0.717) is 5.69 Å². The van der Waals surface area contributed by atoms with E-state index >= 15 is 0 Å². The Morgan fingerprint density at radius 1 is 1.25 bits per heavy atom. The van der Waals surface area contributed by atoms with Crippen LogP contribution in [-0.2, 0) is 17.1 Å². The molecular formula is C12H13N3O4S. The van der Waals surface area contributed by atoms with E-state index in [1.807, 2.05) is 0 Å². The average molecular weight is 295 g/mol. The lowest BCUT2D eigenvalue weighted by molar-refractivity contribution is 0.0697. The van der Waals surface area contributed by atoms with Gasteiger partial charge in [0, 0.05) is 14.1 Å². The van der Waals surface area contributed by atoms with Gasteiger partial charge in [-0.2, -0.15) is 13.5 Å². The van der Waals surface area contributed by atoms with E-state index in [1.165, 1.54) is 55.3 Å². The summed E-state index contributed by atoms with van der Waals surface area (Å²) in [4.78, 5) is 10.8. The van der Waals surface area contributed by atoms with Gasteiger partial charge in [0.25, 0.3) is 10.0 Å². The van der Waals surface area contributed by atoms with Crippen LogP contribution in [0.1, 0.15) is 10.4 Å². The zero-order valence-corrected chi connectivity index (χ0v) is 11.7. The van der Waals surface area contributed by atoms with Crippen LogP contribution >= 0.6 is 0 Å². The number of anilines is 1. The van der Waals surface area contributed by atoms with Gasteiger partial charge in [-0.3, -0.25) is 8.99 Å². The van der Waals surface area contributed by atoms with E-state index in [2.05, 4.69) is 5.10 Å². The Kier molecular flexibility index (Phi) is 3.49. The fraction of sp³-hybridized carbons (Fsp3) is 0.167. The zero-order chi connectivity index (χ0) is 14.9. The Morgan fingerprint density at radius 2 is 1.85 bits per heavy atom. The van der Waals surface area contributed by atoms with Crippen molar-refractivity contribution in [3.63, 3.8) is 0 Å². The number of hydrogen-bond donors (Lipinski definition) is 1. The summed E-state index contributed by atoms with van der Waals surface area (Å²) in [5.41, 5.74) is 0.469. The van der Waals surface area contributed by atoms with Gasteiger partial charge in [-0.25, -0.2) is 4.79 Å². The van der Waals surface area contributed by atoms with E-state index in [4.69, 9.17) is 5.11 Å². The van der Waals surface area contributed by atoms with E-state index in [0.717, 1.165) is 4.31 Å². The first-order valence-electron chi connectivity index (χ1n) is 5.64. The summed E-state index contributed by atoms with van der Waals surface area (Å²) in [6.45, 7) is 0. The lowest BCUT2D eigenvalue weighted by Gasteiger charge is -2.19. The SMILES string of the molecule is CN(c1ccc(C(=O)O)cc1)S(=O)(=O)c1ccnn1C. The van der Waals surface area contributed by atoms with Gasteiger partial charge in [-0.15, -0.1) is 0 Å². The predicted octanol–water partition coefficient (Wildman–Crippen LogP) is 0.943. The van der Waals surface area contributed by atoms with Crippen LogP contribution in [0.15, 0.2) is 41.6 Å². The van der Waals surface area contributed by atoms with Crippen LogP contribution in [0.25, 0.3) is 0 Å². The second kappa shape index (κ2) is 4.97. The second-order valence-corrected chi connectivity index (χ2v) is 6.03. The highest BCUT2D eigenvalue weighted by molar-refractivity contribution is 7.92. The maximum atomic E-state index is 12.4. The number of aromatic carboxylic acids is 1. The summed E-state index contributed by atoms with van der Waals surface area (Å²) < 4.78 is 27.1. The Bertz CT molecular complexity index is 734. The van der Waals surface area contributed by atoms with Gasteiger partial charge in [-0.05, 0) is 30.3 Å². The van der Waals surface area contributed by atoms with Crippen LogP contribution in [0.5, 0.6) is 0 Å². The van der Waals surface area contributed by atoms with Crippen molar-refractivity contribution >= 4 is 21.7 Å². The molecule has 1 heterocycles. The molecule has 0 saturated carbocycles. The molecule has 8 heteroatoms. The highest BCUT2D eigenvalue weighted by atomic mass is 32.2. The molecule has 0 bridgehead atoms. The third-order valence-corrected chi connectivity index (χ3v) is 4.74. The molecule has 2 aromatic rings. The molecule has 2 rings (SSSR count). The van der Waals surface area contributed by atoms with Gasteiger partial charge in [0.05, 0.1) is 17.4 Å². The molecule has 0 aliphatic carbocycles. The molecule has 1 aromatic carbocycles. The topological polar surface area (TPSA) is 92.5 Å². The van der Waals surface area contributed by atoms with E-state index in [1.54, 1.807) is 0 Å². The molecule has 0 atom stereocenters. The first kappa shape index (κ1) is 14.1. The highest BCUT2D eigenvalue weighted by Crippen LogP contribution is 2.21. The van der Waals surface area contributed by atoms with Gasteiger partial charge in [0.1, 0.15) is 0 Å². The monoisotopic (exact) mass is 295 g/mol. The number of carboxylic acid groups (broad SMARTS) is 1. The molecule has 106 valence electrons. The Balaban J connectivity index is 2.38. The van der Waals surface area contributed by atoms with Crippen molar-refractivity contribution in [3.8, 4) is 0 Å². The maximum absolute atomic E-state index is 12.4. The molecule has 0 amide bonds. The van der Waals surface area contributed by atoms with Gasteiger partial charge < -0.3 is 5.11 Å². The van der Waals surface area contributed by atoms with Crippen LogP contribution in [-0.4, -0.2) is 36.3 Å². The third kappa shape index (κ3) is 2.37. The van der Waals surface area contributed by atoms with Crippen molar-refractivity contribution in [2.45, 2.75) is 5.03 Å². The van der Waals surface area contributed by atoms with Crippen molar-refractivity contribution < 1.29 is 18.3 Å². The number of carbonyl (C=O) groups is 1. The normalized spacial score (nSPS) is 11.3. The molecule has 0 unspecified atom stereocenters. The van der Waals surface area contributed by atoms with Crippen molar-refractivity contribution in [3.05, 3.63) is 42.1 Å². The van der Waals surface area contributed by atoms with Crippen LogP contribution in [0.2, 0.25) is 0 Å². The number of sulfonamides is 1. The number of aryl methyl sites for hydroxylation is 1. The standard InChI is InChI=1S/C12H13N3O4S/c1-14-11(7-8-13-14)20(18,19)15(2)10-5-3-9(4-6-10)12(16)17/h3-8H,1-2H3,(H,16,17). The lowest BCUT2D eigenvalue weighted by atomic mass is 10.2. The second-order valence-electron chi connectivity index (χ2n) is 4.12. The number of carboxylic acids is 1. The Morgan fingerprint density at radius 3 is 2.30 bits per heavy atom. The minimum Gasteiger partial charge on any atom is -0.478 e. The summed E-state index contributed by atoms with van der Waals surface area (Å²) in [5, 5.41) is 12.7. The molecule has 0 fully saturated rings. The molecule has 1 N–H and O–H groups in total. The molecule has 20 heavy (non-hydrogen) atoms. The van der Waals surface area contributed by atoms with E-state index < -0.39 is 16.0 Å². The molecular weight excluding hydrogens is 282 g/mol. The minimum atomic E-state index is -3.73. The van der Waals surface area contributed by atoms with Crippen LogP contribution < -0.4 is 4.31 Å². The van der Waals surface area contributed by atoms with Gasteiger partial charge in [0.2, 0.25) is 0 Å². The molecule has 0 saturated heterocycles. The summed E-state index contributed by atoms with van der Waals surface area (Å²) in [6.07, 6.45) is 1.40. The average Bonchev–Trinajstić information content (AvgIpc) is 2.85. The van der Waals surface area contributed by atoms with E-state index in [-0.39, 0.29) is 10.6 Å². The molecule has 7 nitrogen and oxygen atoms in total. The van der Waals surface area contributed by atoms with Gasteiger partial charge >= 0.3 is 5.97 Å². The zero-order valence-electron chi connectivity index (χ0n) is 10.9. The fourth-order valence-electron chi connectivity index (χ4n) is 1.71. The Labute approximate surface area is 116 Å². The Hall–Kier alpha value is -2.35. The minimum absolute atomic E-state index is 0.0577. The highest BCUT2D eigenvalue weighted by Gasteiger charge is 2.24. The first-order valence-corrected chi connectivity index (χ1v) is 7.08. The van der Waals surface area contributed by atoms with Crippen LogP contribution in [0.4, 0.5) is 5.69 Å².